The number of anilines is 1. The first-order valence-corrected chi connectivity index (χ1v) is 6.52. The molecule has 0 saturated heterocycles. The maximum atomic E-state index is 13.4. The Kier molecular flexibility index (Phi) is 4.37. The predicted octanol–water partition coefficient (Wildman–Crippen LogP) is 3.73. The van der Waals surface area contributed by atoms with Gasteiger partial charge in [-0.2, -0.15) is 0 Å². The zero-order chi connectivity index (χ0) is 15.6. The Morgan fingerprint density at radius 2 is 2.14 bits per heavy atom. The van der Waals surface area contributed by atoms with Crippen LogP contribution in [0, 0.1) is 22.9 Å². The van der Waals surface area contributed by atoms with Crippen LogP contribution in [-0.4, -0.2) is 17.0 Å². The monoisotopic (exact) mass is 309 g/mol. The van der Waals surface area contributed by atoms with Crippen molar-refractivity contribution in [1.29, 1.82) is 0 Å². The van der Waals surface area contributed by atoms with E-state index in [1.807, 2.05) is 0 Å². The first-order chi connectivity index (χ1) is 9.88. The Labute approximate surface area is 126 Å². The lowest BCUT2D eigenvalue weighted by molar-refractivity contribution is -0.385. The zero-order valence-corrected chi connectivity index (χ0v) is 12.3. The Hall–Kier alpha value is -2.21. The summed E-state index contributed by atoms with van der Waals surface area (Å²) in [6, 6.07) is 6.04. The van der Waals surface area contributed by atoms with Crippen molar-refractivity contribution >= 4 is 23.1 Å². The van der Waals surface area contributed by atoms with Gasteiger partial charge in [0.2, 0.25) is 0 Å². The molecular formula is C14H13ClFN3O2. The van der Waals surface area contributed by atoms with E-state index >= 15 is 0 Å². The van der Waals surface area contributed by atoms with E-state index in [1.54, 1.807) is 24.9 Å². The number of aromatic nitrogens is 1. The summed E-state index contributed by atoms with van der Waals surface area (Å²) in [4.78, 5) is 16.1. The number of hydrogen-bond donors (Lipinski definition) is 0. The standard InChI is InChI=1S/C14H13ClFN3O2/c1-9-5-11(19(20)21)7-17-14(9)18(2)8-10-3-4-12(15)13(16)6-10/h3-7H,8H2,1-2H3. The van der Waals surface area contributed by atoms with E-state index < -0.39 is 10.7 Å². The van der Waals surface area contributed by atoms with Crippen LogP contribution < -0.4 is 4.90 Å². The van der Waals surface area contributed by atoms with Gasteiger partial charge in [-0.15, -0.1) is 0 Å². The molecule has 0 aliphatic carbocycles. The highest BCUT2D eigenvalue weighted by Crippen LogP contribution is 2.23. The maximum Gasteiger partial charge on any atom is 0.287 e. The third kappa shape index (κ3) is 3.46. The number of rotatable bonds is 4. The van der Waals surface area contributed by atoms with E-state index in [0.717, 1.165) is 5.56 Å². The molecule has 7 heteroatoms. The van der Waals surface area contributed by atoms with Gasteiger partial charge in [0, 0.05) is 19.7 Å². The van der Waals surface area contributed by atoms with E-state index in [4.69, 9.17) is 11.6 Å². The number of nitro groups is 1. The summed E-state index contributed by atoms with van der Waals surface area (Å²) >= 11 is 5.64. The molecule has 2 aromatic rings. The van der Waals surface area contributed by atoms with Gasteiger partial charge in [-0.05, 0) is 30.2 Å². The molecule has 0 unspecified atom stereocenters. The van der Waals surface area contributed by atoms with Crippen LogP contribution in [0.5, 0.6) is 0 Å². The fourth-order valence-corrected chi connectivity index (χ4v) is 2.16. The molecule has 0 saturated carbocycles. The minimum atomic E-state index is -0.488. The highest BCUT2D eigenvalue weighted by Gasteiger charge is 2.13. The minimum Gasteiger partial charge on any atom is -0.355 e. The Bertz CT molecular complexity index is 694. The summed E-state index contributed by atoms with van der Waals surface area (Å²) < 4.78 is 13.4. The molecule has 1 heterocycles. The molecule has 0 fully saturated rings. The summed E-state index contributed by atoms with van der Waals surface area (Å²) in [5, 5.41) is 10.8. The molecule has 0 N–H and O–H groups in total. The smallest absolute Gasteiger partial charge is 0.287 e. The van der Waals surface area contributed by atoms with Crippen LogP contribution in [0.1, 0.15) is 11.1 Å². The quantitative estimate of drug-likeness (QED) is 0.638. The number of aryl methyl sites for hydroxylation is 1. The third-order valence-corrected chi connectivity index (χ3v) is 3.32. The molecule has 0 amide bonds. The van der Waals surface area contributed by atoms with E-state index in [9.17, 15) is 14.5 Å². The molecule has 0 bridgehead atoms. The molecule has 2 rings (SSSR count). The largest absolute Gasteiger partial charge is 0.355 e. The lowest BCUT2D eigenvalue weighted by Crippen LogP contribution is -2.19. The first-order valence-electron chi connectivity index (χ1n) is 6.14. The summed E-state index contributed by atoms with van der Waals surface area (Å²) in [6.07, 6.45) is 1.21. The normalized spacial score (nSPS) is 10.5. The van der Waals surface area contributed by atoms with Crippen LogP contribution in [0.2, 0.25) is 5.02 Å². The van der Waals surface area contributed by atoms with Crippen LogP contribution in [0.25, 0.3) is 0 Å². The molecule has 0 atom stereocenters. The molecule has 1 aromatic carbocycles. The Morgan fingerprint density at radius 3 is 2.71 bits per heavy atom. The van der Waals surface area contributed by atoms with Crippen molar-refractivity contribution in [3.63, 3.8) is 0 Å². The molecule has 0 spiro atoms. The fraction of sp³-hybridized carbons (Fsp3) is 0.214. The lowest BCUT2D eigenvalue weighted by atomic mass is 10.2. The number of halogens is 2. The van der Waals surface area contributed by atoms with Crippen LogP contribution in [-0.2, 0) is 6.54 Å². The van der Waals surface area contributed by atoms with Crippen LogP contribution in [0.15, 0.2) is 30.5 Å². The van der Waals surface area contributed by atoms with Crippen LogP contribution in [0.4, 0.5) is 15.9 Å². The van der Waals surface area contributed by atoms with Gasteiger partial charge in [-0.25, -0.2) is 9.37 Å². The van der Waals surface area contributed by atoms with E-state index in [1.165, 1.54) is 24.4 Å². The second-order valence-corrected chi connectivity index (χ2v) is 5.10. The number of pyridine rings is 1. The van der Waals surface area contributed by atoms with Gasteiger partial charge in [0.25, 0.3) is 5.69 Å². The topological polar surface area (TPSA) is 59.3 Å². The van der Waals surface area contributed by atoms with Crippen molar-refractivity contribution in [2.45, 2.75) is 13.5 Å². The van der Waals surface area contributed by atoms with Gasteiger partial charge >= 0.3 is 0 Å². The molecule has 110 valence electrons. The summed E-state index contributed by atoms with van der Waals surface area (Å²) in [5.41, 5.74) is 1.36. The van der Waals surface area contributed by atoms with Crippen molar-refractivity contribution in [3.8, 4) is 0 Å². The molecule has 0 aliphatic rings. The summed E-state index contributed by atoms with van der Waals surface area (Å²) in [7, 11) is 1.79. The number of benzene rings is 1. The van der Waals surface area contributed by atoms with E-state index in [-0.39, 0.29) is 10.7 Å². The van der Waals surface area contributed by atoms with Gasteiger partial charge in [0.15, 0.2) is 0 Å². The highest BCUT2D eigenvalue weighted by atomic mass is 35.5. The predicted molar refractivity (Wildman–Crippen MR) is 79.1 cm³/mol. The lowest BCUT2D eigenvalue weighted by Gasteiger charge is -2.20. The van der Waals surface area contributed by atoms with E-state index in [0.29, 0.717) is 17.9 Å². The van der Waals surface area contributed by atoms with Crippen molar-refractivity contribution in [2.75, 3.05) is 11.9 Å². The number of nitrogens with zero attached hydrogens (tertiary/aromatic N) is 3. The zero-order valence-electron chi connectivity index (χ0n) is 11.5. The fourth-order valence-electron chi connectivity index (χ4n) is 2.04. The summed E-state index contributed by atoms with van der Waals surface area (Å²) in [5.74, 6) is 0.131. The Balaban J connectivity index is 2.21. The first kappa shape index (κ1) is 15.2. The van der Waals surface area contributed by atoms with Crippen LogP contribution in [0.3, 0.4) is 0 Å². The summed E-state index contributed by atoms with van der Waals surface area (Å²) in [6.45, 7) is 2.16. The molecule has 21 heavy (non-hydrogen) atoms. The maximum absolute atomic E-state index is 13.4. The third-order valence-electron chi connectivity index (χ3n) is 3.01. The van der Waals surface area contributed by atoms with E-state index in [2.05, 4.69) is 4.98 Å². The SMILES string of the molecule is Cc1cc([N+](=O)[O-])cnc1N(C)Cc1ccc(Cl)c(F)c1. The second-order valence-electron chi connectivity index (χ2n) is 4.70. The minimum absolute atomic E-state index is 0.0535. The van der Waals surface area contributed by atoms with Gasteiger partial charge in [-0.1, -0.05) is 17.7 Å². The highest BCUT2D eigenvalue weighted by molar-refractivity contribution is 6.30. The second kappa shape index (κ2) is 6.05. The van der Waals surface area contributed by atoms with Crippen molar-refractivity contribution in [3.05, 3.63) is 62.5 Å². The van der Waals surface area contributed by atoms with Gasteiger partial charge < -0.3 is 4.90 Å². The molecule has 0 aliphatic heterocycles. The number of hydrogen-bond acceptors (Lipinski definition) is 4. The average Bonchev–Trinajstić information content (AvgIpc) is 2.42. The van der Waals surface area contributed by atoms with Gasteiger partial charge in [0.1, 0.15) is 17.8 Å². The Morgan fingerprint density at radius 1 is 1.43 bits per heavy atom. The van der Waals surface area contributed by atoms with Crippen molar-refractivity contribution < 1.29 is 9.31 Å². The average molecular weight is 310 g/mol. The molecule has 5 nitrogen and oxygen atoms in total. The molecular weight excluding hydrogens is 297 g/mol. The molecule has 1 aromatic heterocycles. The van der Waals surface area contributed by atoms with Crippen LogP contribution >= 0.6 is 11.6 Å². The molecule has 0 radical (unpaired) electrons. The van der Waals surface area contributed by atoms with Gasteiger partial charge in [0.05, 0.1) is 9.95 Å². The van der Waals surface area contributed by atoms with Crippen molar-refractivity contribution in [2.24, 2.45) is 0 Å². The van der Waals surface area contributed by atoms with Gasteiger partial charge in [-0.3, -0.25) is 10.1 Å². The van der Waals surface area contributed by atoms with Crippen molar-refractivity contribution in [1.82, 2.24) is 4.98 Å².